The molecule has 0 saturated carbocycles. The maximum atomic E-state index is 11.6. The number of ether oxygens (including phenoxy) is 1. The van der Waals surface area contributed by atoms with Crippen molar-refractivity contribution in [3.63, 3.8) is 0 Å². The Balaban J connectivity index is 2.63. The number of nitrogens with two attached hydrogens (primary N) is 1. The van der Waals surface area contributed by atoms with Crippen molar-refractivity contribution in [2.24, 2.45) is 5.92 Å². The van der Waals surface area contributed by atoms with Gasteiger partial charge in [0.25, 0.3) is 0 Å². The minimum absolute atomic E-state index is 0.332. The highest BCUT2D eigenvalue weighted by Gasteiger charge is 2.12. The minimum atomic E-state index is -0.362. The second-order valence-electron chi connectivity index (χ2n) is 4.12. The van der Waals surface area contributed by atoms with E-state index in [4.69, 9.17) is 10.5 Å². The Morgan fingerprint density at radius 2 is 2.19 bits per heavy atom. The van der Waals surface area contributed by atoms with Crippen LogP contribution in [0.25, 0.3) is 0 Å². The molecule has 0 heterocycles. The first kappa shape index (κ1) is 12.4. The van der Waals surface area contributed by atoms with Gasteiger partial charge in [-0.3, -0.25) is 4.90 Å². The number of hydrogen-bond acceptors (Lipinski definition) is 3. The molecule has 16 heavy (non-hydrogen) atoms. The molecule has 1 rings (SSSR count). The van der Waals surface area contributed by atoms with Crippen LogP contribution in [0.3, 0.4) is 0 Å². The number of hydrogen-bond donors (Lipinski definition) is 1. The van der Waals surface area contributed by atoms with Gasteiger partial charge in [0.15, 0.2) is 0 Å². The smallest absolute Gasteiger partial charge is 0.414 e. The summed E-state index contributed by atoms with van der Waals surface area (Å²) in [6.07, 6.45) is -0.362. The fourth-order valence-electron chi connectivity index (χ4n) is 1.17. The van der Waals surface area contributed by atoms with Gasteiger partial charge in [0, 0.05) is 18.4 Å². The molecule has 4 nitrogen and oxygen atoms in total. The van der Waals surface area contributed by atoms with Gasteiger partial charge in [-0.05, 0) is 24.1 Å². The molecule has 0 aliphatic carbocycles. The summed E-state index contributed by atoms with van der Waals surface area (Å²) < 4.78 is 5.11. The van der Waals surface area contributed by atoms with Gasteiger partial charge in [-0.15, -0.1) is 0 Å². The lowest BCUT2D eigenvalue weighted by molar-refractivity contribution is 0.141. The largest absolute Gasteiger partial charge is 0.449 e. The van der Waals surface area contributed by atoms with E-state index in [-0.39, 0.29) is 6.09 Å². The molecule has 0 saturated heterocycles. The average Bonchev–Trinajstić information content (AvgIpc) is 2.24. The molecule has 0 atom stereocenters. The van der Waals surface area contributed by atoms with Gasteiger partial charge >= 0.3 is 6.09 Å². The molecule has 88 valence electrons. The Hall–Kier alpha value is -1.71. The highest BCUT2D eigenvalue weighted by molar-refractivity contribution is 5.87. The molecule has 1 amide bonds. The summed E-state index contributed by atoms with van der Waals surface area (Å²) in [4.78, 5) is 13.1. The quantitative estimate of drug-likeness (QED) is 0.799. The Morgan fingerprint density at radius 1 is 1.50 bits per heavy atom. The van der Waals surface area contributed by atoms with E-state index in [1.54, 1.807) is 25.2 Å². The summed E-state index contributed by atoms with van der Waals surface area (Å²) in [6, 6.07) is 7.12. The molecule has 0 radical (unpaired) electrons. The van der Waals surface area contributed by atoms with Gasteiger partial charge in [0.2, 0.25) is 0 Å². The lowest BCUT2D eigenvalue weighted by Crippen LogP contribution is -2.28. The normalized spacial score (nSPS) is 10.2. The minimum Gasteiger partial charge on any atom is -0.449 e. The van der Waals surface area contributed by atoms with Crippen LogP contribution < -0.4 is 10.6 Å². The van der Waals surface area contributed by atoms with Crippen molar-refractivity contribution in [1.82, 2.24) is 0 Å². The summed E-state index contributed by atoms with van der Waals surface area (Å²) in [6.45, 7) is 4.41. The van der Waals surface area contributed by atoms with Crippen molar-refractivity contribution in [2.45, 2.75) is 13.8 Å². The second kappa shape index (κ2) is 5.39. The molecule has 0 aliphatic rings. The van der Waals surface area contributed by atoms with Gasteiger partial charge in [-0.25, -0.2) is 4.79 Å². The monoisotopic (exact) mass is 222 g/mol. The molecule has 4 heteroatoms. The van der Waals surface area contributed by atoms with E-state index in [0.717, 1.165) is 5.69 Å². The molecule has 0 bridgehead atoms. The Bertz CT molecular complexity index is 364. The third kappa shape index (κ3) is 3.46. The predicted octanol–water partition coefficient (Wildman–Crippen LogP) is 2.50. The van der Waals surface area contributed by atoms with Crippen molar-refractivity contribution in [3.8, 4) is 0 Å². The number of nitrogens with zero attached hydrogens (tertiary/aromatic N) is 1. The van der Waals surface area contributed by atoms with Gasteiger partial charge in [-0.1, -0.05) is 19.9 Å². The summed E-state index contributed by atoms with van der Waals surface area (Å²) >= 11 is 0. The van der Waals surface area contributed by atoms with E-state index in [0.29, 0.717) is 18.2 Å². The van der Waals surface area contributed by atoms with Crippen molar-refractivity contribution in [1.29, 1.82) is 0 Å². The lowest BCUT2D eigenvalue weighted by Gasteiger charge is -2.18. The van der Waals surface area contributed by atoms with Gasteiger partial charge in [-0.2, -0.15) is 0 Å². The molecule has 0 aromatic heterocycles. The number of anilines is 2. The third-order valence-electron chi connectivity index (χ3n) is 2.07. The fraction of sp³-hybridized carbons (Fsp3) is 0.417. The summed E-state index contributed by atoms with van der Waals surface area (Å²) in [5, 5.41) is 0. The first-order valence-electron chi connectivity index (χ1n) is 5.26. The zero-order chi connectivity index (χ0) is 12.1. The maximum absolute atomic E-state index is 11.6. The third-order valence-corrected chi connectivity index (χ3v) is 2.07. The highest BCUT2D eigenvalue weighted by atomic mass is 16.6. The zero-order valence-electron chi connectivity index (χ0n) is 9.93. The first-order chi connectivity index (χ1) is 7.50. The maximum Gasteiger partial charge on any atom is 0.414 e. The average molecular weight is 222 g/mol. The Kier molecular flexibility index (Phi) is 4.17. The van der Waals surface area contributed by atoms with E-state index in [1.807, 2.05) is 19.9 Å². The fourth-order valence-corrected chi connectivity index (χ4v) is 1.17. The van der Waals surface area contributed by atoms with E-state index < -0.39 is 0 Å². The molecule has 0 aliphatic heterocycles. The second-order valence-corrected chi connectivity index (χ2v) is 4.12. The molecule has 1 aromatic carbocycles. The van der Waals surface area contributed by atoms with E-state index >= 15 is 0 Å². The summed E-state index contributed by atoms with van der Waals surface area (Å²) in [7, 11) is 1.66. The van der Waals surface area contributed by atoms with Crippen LogP contribution in [0, 0.1) is 5.92 Å². The zero-order valence-corrected chi connectivity index (χ0v) is 9.93. The topological polar surface area (TPSA) is 55.6 Å². The summed E-state index contributed by atoms with van der Waals surface area (Å²) in [5.74, 6) is 0.332. The van der Waals surface area contributed by atoms with Crippen molar-refractivity contribution < 1.29 is 9.53 Å². The van der Waals surface area contributed by atoms with Crippen LogP contribution in [0.2, 0.25) is 0 Å². The van der Waals surface area contributed by atoms with Crippen LogP contribution in [-0.2, 0) is 4.74 Å². The summed E-state index contributed by atoms with van der Waals surface area (Å²) in [5.41, 5.74) is 7.00. The molecule has 2 N–H and O–H groups in total. The standard InChI is InChI=1S/C12H18N2O2/c1-9(2)8-16-12(15)14(3)11-6-4-5-10(13)7-11/h4-7,9H,8,13H2,1-3H3. The van der Waals surface area contributed by atoms with Crippen molar-refractivity contribution in [2.75, 3.05) is 24.3 Å². The SMILES string of the molecule is CC(C)COC(=O)N(C)c1cccc(N)c1. The van der Waals surface area contributed by atoms with Crippen LogP contribution >= 0.6 is 0 Å². The number of carbonyl (C=O) groups excluding carboxylic acids is 1. The van der Waals surface area contributed by atoms with Crippen LogP contribution in [-0.4, -0.2) is 19.7 Å². The van der Waals surface area contributed by atoms with Crippen LogP contribution in [0.5, 0.6) is 0 Å². The molecule has 1 aromatic rings. The lowest BCUT2D eigenvalue weighted by atomic mass is 10.2. The predicted molar refractivity (Wildman–Crippen MR) is 65.4 cm³/mol. The first-order valence-corrected chi connectivity index (χ1v) is 5.26. The molecule has 0 spiro atoms. The number of carbonyl (C=O) groups is 1. The van der Waals surface area contributed by atoms with E-state index in [1.165, 1.54) is 4.90 Å². The molecular weight excluding hydrogens is 204 g/mol. The van der Waals surface area contributed by atoms with E-state index in [2.05, 4.69) is 0 Å². The number of benzene rings is 1. The highest BCUT2D eigenvalue weighted by Crippen LogP contribution is 2.16. The number of amides is 1. The van der Waals surface area contributed by atoms with E-state index in [9.17, 15) is 4.79 Å². The number of rotatable bonds is 3. The molecular formula is C12H18N2O2. The van der Waals surface area contributed by atoms with Gasteiger partial charge in [0.05, 0.1) is 6.61 Å². The van der Waals surface area contributed by atoms with Gasteiger partial charge in [0.1, 0.15) is 0 Å². The van der Waals surface area contributed by atoms with Crippen LogP contribution in [0.4, 0.5) is 16.2 Å². The Morgan fingerprint density at radius 3 is 2.75 bits per heavy atom. The van der Waals surface area contributed by atoms with Crippen molar-refractivity contribution in [3.05, 3.63) is 24.3 Å². The van der Waals surface area contributed by atoms with Gasteiger partial charge < -0.3 is 10.5 Å². The molecule has 0 unspecified atom stereocenters. The molecule has 0 fully saturated rings. The Labute approximate surface area is 96.0 Å². The van der Waals surface area contributed by atoms with Crippen LogP contribution in [0.1, 0.15) is 13.8 Å². The number of nitrogen functional groups attached to an aromatic ring is 1. The van der Waals surface area contributed by atoms with Crippen molar-refractivity contribution >= 4 is 17.5 Å². The van der Waals surface area contributed by atoms with Crippen LogP contribution in [0.15, 0.2) is 24.3 Å².